The van der Waals surface area contributed by atoms with Gasteiger partial charge in [-0.05, 0) is 61.4 Å². The van der Waals surface area contributed by atoms with E-state index in [1.165, 1.54) is 16.7 Å². The largest absolute Gasteiger partial charge is 0.489 e. The molecule has 2 unspecified atom stereocenters. The molecule has 0 amide bonds. The van der Waals surface area contributed by atoms with Gasteiger partial charge in [0.05, 0.1) is 0 Å². The van der Waals surface area contributed by atoms with Gasteiger partial charge in [0.2, 0.25) is 0 Å². The molecule has 0 aromatic heterocycles. The van der Waals surface area contributed by atoms with E-state index < -0.39 is 0 Å². The summed E-state index contributed by atoms with van der Waals surface area (Å²) in [6.07, 6.45) is 2.19. The monoisotopic (exact) mass is 297 g/mol. The van der Waals surface area contributed by atoms with Gasteiger partial charge < -0.3 is 10.5 Å². The number of benzene rings is 2. The molecule has 0 saturated heterocycles. The first kappa shape index (κ1) is 16.6. The van der Waals surface area contributed by atoms with Crippen LogP contribution < -0.4 is 10.5 Å². The zero-order valence-electron chi connectivity index (χ0n) is 13.9. The highest BCUT2D eigenvalue weighted by Crippen LogP contribution is 2.27. The van der Waals surface area contributed by atoms with E-state index in [9.17, 15) is 0 Å². The normalized spacial score (nSPS) is 13.6. The van der Waals surface area contributed by atoms with Gasteiger partial charge in [-0.1, -0.05) is 43.3 Å². The number of ether oxygens (including phenoxy) is 1. The fourth-order valence-corrected chi connectivity index (χ4v) is 2.70. The average Bonchev–Trinajstić information content (AvgIpc) is 2.51. The highest BCUT2D eigenvalue weighted by Gasteiger charge is 2.10. The lowest BCUT2D eigenvalue weighted by Crippen LogP contribution is -2.15. The summed E-state index contributed by atoms with van der Waals surface area (Å²) in [6.45, 7) is 7.11. The molecule has 0 aliphatic carbocycles. The first-order valence-electron chi connectivity index (χ1n) is 8.09. The topological polar surface area (TPSA) is 35.2 Å². The van der Waals surface area contributed by atoms with Crippen LogP contribution in [-0.2, 0) is 6.61 Å². The van der Waals surface area contributed by atoms with Gasteiger partial charge in [0.1, 0.15) is 12.4 Å². The van der Waals surface area contributed by atoms with Gasteiger partial charge in [0.25, 0.3) is 0 Å². The highest BCUT2D eigenvalue weighted by atomic mass is 16.5. The number of hydrogen-bond acceptors (Lipinski definition) is 2. The molecule has 0 radical (unpaired) electrons. The molecule has 0 fully saturated rings. The Labute approximate surface area is 134 Å². The van der Waals surface area contributed by atoms with Crippen molar-refractivity contribution in [2.75, 3.05) is 0 Å². The molecule has 2 aromatic rings. The molecule has 2 atom stereocenters. The maximum atomic E-state index is 5.89. The van der Waals surface area contributed by atoms with Crippen molar-refractivity contribution in [3.8, 4) is 5.75 Å². The van der Waals surface area contributed by atoms with E-state index in [0.29, 0.717) is 12.5 Å². The molecule has 22 heavy (non-hydrogen) atoms. The van der Waals surface area contributed by atoms with Gasteiger partial charge in [-0.25, -0.2) is 0 Å². The lowest BCUT2D eigenvalue weighted by molar-refractivity contribution is 0.306. The maximum absolute atomic E-state index is 5.89. The summed E-state index contributed by atoms with van der Waals surface area (Å²) < 4.78 is 5.89. The average molecular weight is 297 g/mol. The Kier molecular flexibility index (Phi) is 6.02. The Balaban J connectivity index is 1.97. The summed E-state index contributed by atoms with van der Waals surface area (Å²) in [5.74, 6) is 1.47. The minimum atomic E-state index is 0.274. The van der Waals surface area contributed by atoms with Crippen LogP contribution in [0, 0.1) is 6.92 Å². The Bertz CT molecular complexity index is 578. The third-order valence-electron chi connectivity index (χ3n) is 4.08. The number of rotatable bonds is 7. The van der Waals surface area contributed by atoms with Crippen molar-refractivity contribution >= 4 is 0 Å². The SMILES string of the molecule is Cc1cc(OCc2ccccc2)ccc1C(C)CCC(C)N. The molecule has 0 bridgehead atoms. The van der Waals surface area contributed by atoms with Crippen LogP contribution in [0.2, 0.25) is 0 Å². The number of aryl methyl sites for hydroxylation is 1. The molecule has 118 valence electrons. The molecule has 0 heterocycles. The second-order valence-electron chi connectivity index (χ2n) is 6.25. The molecule has 0 aliphatic rings. The summed E-state index contributed by atoms with van der Waals surface area (Å²) in [4.78, 5) is 0. The summed E-state index contributed by atoms with van der Waals surface area (Å²) in [5.41, 5.74) is 9.74. The third kappa shape index (κ3) is 4.88. The molecular formula is C20H27NO. The van der Waals surface area contributed by atoms with Crippen molar-refractivity contribution < 1.29 is 4.74 Å². The van der Waals surface area contributed by atoms with Crippen LogP contribution in [0.4, 0.5) is 0 Å². The van der Waals surface area contributed by atoms with Gasteiger partial charge in [-0.2, -0.15) is 0 Å². The van der Waals surface area contributed by atoms with Crippen LogP contribution in [0.3, 0.4) is 0 Å². The van der Waals surface area contributed by atoms with E-state index >= 15 is 0 Å². The fraction of sp³-hybridized carbons (Fsp3) is 0.400. The van der Waals surface area contributed by atoms with Gasteiger partial charge in [0.15, 0.2) is 0 Å². The van der Waals surface area contributed by atoms with Crippen LogP contribution >= 0.6 is 0 Å². The second-order valence-corrected chi connectivity index (χ2v) is 6.25. The molecule has 2 rings (SSSR count). The Hall–Kier alpha value is -1.80. The van der Waals surface area contributed by atoms with Crippen LogP contribution in [0.25, 0.3) is 0 Å². The molecule has 2 heteroatoms. The van der Waals surface area contributed by atoms with Crippen molar-refractivity contribution in [3.63, 3.8) is 0 Å². The standard InChI is InChI=1S/C20H27NO/c1-15(9-10-17(3)21)20-12-11-19(13-16(20)2)22-14-18-7-5-4-6-8-18/h4-8,11-13,15,17H,9-10,14,21H2,1-3H3. The number of hydrogen-bond donors (Lipinski definition) is 1. The summed E-state index contributed by atoms with van der Waals surface area (Å²) in [6, 6.07) is 16.9. The molecule has 2 nitrogen and oxygen atoms in total. The van der Waals surface area contributed by atoms with E-state index in [1.807, 2.05) is 18.2 Å². The van der Waals surface area contributed by atoms with Crippen molar-refractivity contribution in [1.82, 2.24) is 0 Å². The molecule has 2 aromatic carbocycles. The van der Waals surface area contributed by atoms with Crippen molar-refractivity contribution in [3.05, 3.63) is 65.2 Å². The predicted molar refractivity (Wildman–Crippen MR) is 93.3 cm³/mol. The van der Waals surface area contributed by atoms with Gasteiger partial charge in [0, 0.05) is 6.04 Å². The third-order valence-corrected chi connectivity index (χ3v) is 4.08. The quantitative estimate of drug-likeness (QED) is 0.796. The minimum absolute atomic E-state index is 0.274. The van der Waals surface area contributed by atoms with Crippen molar-refractivity contribution in [1.29, 1.82) is 0 Å². The molecular weight excluding hydrogens is 270 g/mol. The summed E-state index contributed by atoms with van der Waals surface area (Å²) >= 11 is 0. The zero-order valence-corrected chi connectivity index (χ0v) is 13.9. The fourth-order valence-electron chi connectivity index (χ4n) is 2.70. The number of nitrogens with two attached hydrogens (primary N) is 1. The summed E-state index contributed by atoms with van der Waals surface area (Å²) in [5, 5.41) is 0. The van der Waals surface area contributed by atoms with E-state index in [-0.39, 0.29) is 6.04 Å². The highest BCUT2D eigenvalue weighted by molar-refractivity contribution is 5.36. The van der Waals surface area contributed by atoms with E-state index in [1.54, 1.807) is 0 Å². The van der Waals surface area contributed by atoms with E-state index in [0.717, 1.165) is 18.6 Å². The first-order valence-corrected chi connectivity index (χ1v) is 8.09. The summed E-state index contributed by atoms with van der Waals surface area (Å²) in [7, 11) is 0. The predicted octanol–water partition coefficient (Wildman–Crippen LogP) is 4.80. The lowest BCUT2D eigenvalue weighted by Gasteiger charge is -2.17. The van der Waals surface area contributed by atoms with Crippen molar-refractivity contribution in [2.45, 2.75) is 52.2 Å². The van der Waals surface area contributed by atoms with Crippen molar-refractivity contribution in [2.24, 2.45) is 5.73 Å². The van der Waals surface area contributed by atoms with Gasteiger partial charge >= 0.3 is 0 Å². The Morgan fingerprint density at radius 2 is 1.73 bits per heavy atom. The Morgan fingerprint density at radius 3 is 2.36 bits per heavy atom. The smallest absolute Gasteiger partial charge is 0.120 e. The van der Waals surface area contributed by atoms with Gasteiger partial charge in [-0.3, -0.25) is 0 Å². The van der Waals surface area contributed by atoms with E-state index in [2.05, 4.69) is 51.1 Å². The van der Waals surface area contributed by atoms with Crippen LogP contribution in [0.15, 0.2) is 48.5 Å². The molecule has 0 saturated carbocycles. The second kappa shape index (κ2) is 8.00. The Morgan fingerprint density at radius 1 is 1.00 bits per heavy atom. The van der Waals surface area contributed by atoms with Crippen LogP contribution in [-0.4, -0.2) is 6.04 Å². The molecule has 0 spiro atoms. The molecule has 0 aliphatic heterocycles. The molecule has 2 N–H and O–H groups in total. The zero-order chi connectivity index (χ0) is 15.9. The maximum Gasteiger partial charge on any atom is 0.120 e. The van der Waals surface area contributed by atoms with Gasteiger partial charge in [-0.15, -0.1) is 0 Å². The lowest BCUT2D eigenvalue weighted by atomic mass is 9.91. The van der Waals surface area contributed by atoms with E-state index in [4.69, 9.17) is 10.5 Å². The first-order chi connectivity index (χ1) is 10.6. The minimum Gasteiger partial charge on any atom is -0.489 e. The van der Waals surface area contributed by atoms with Crippen LogP contribution in [0.5, 0.6) is 5.75 Å². The van der Waals surface area contributed by atoms with Crippen LogP contribution in [0.1, 0.15) is 49.3 Å².